The number of para-hydroxylation sites is 1. The van der Waals surface area contributed by atoms with Gasteiger partial charge in [-0.25, -0.2) is 0 Å². The van der Waals surface area contributed by atoms with Gasteiger partial charge in [0.2, 0.25) is 0 Å². The zero-order valence-corrected chi connectivity index (χ0v) is 9.41. The van der Waals surface area contributed by atoms with Crippen molar-refractivity contribution in [2.45, 2.75) is 6.54 Å². The first-order chi connectivity index (χ1) is 7.77. The summed E-state index contributed by atoms with van der Waals surface area (Å²) in [5.74, 6) is 0. The van der Waals surface area contributed by atoms with Gasteiger partial charge in [-0.1, -0.05) is 29.8 Å². The predicted octanol–water partition coefficient (Wildman–Crippen LogP) is 2.93. The standard InChI is InChI=1S/C12H12ClN3/c13-10-8-15-6-5-12(10)16-7-9-3-1-2-4-11(9)14/h1-6,8H,7,14H2,(H,15,16). The summed E-state index contributed by atoms with van der Waals surface area (Å²) < 4.78 is 0. The lowest BCUT2D eigenvalue weighted by atomic mass is 10.2. The fourth-order valence-electron chi connectivity index (χ4n) is 1.40. The molecule has 0 saturated heterocycles. The molecule has 1 aromatic carbocycles. The van der Waals surface area contributed by atoms with Crippen molar-refractivity contribution < 1.29 is 0 Å². The highest BCUT2D eigenvalue weighted by atomic mass is 35.5. The van der Waals surface area contributed by atoms with Gasteiger partial charge in [-0.15, -0.1) is 0 Å². The molecule has 0 spiro atoms. The van der Waals surface area contributed by atoms with Crippen molar-refractivity contribution in [3.8, 4) is 0 Å². The number of anilines is 2. The summed E-state index contributed by atoms with van der Waals surface area (Å²) in [6.07, 6.45) is 3.31. The van der Waals surface area contributed by atoms with E-state index in [2.05, 4.69) is 10.3 Å². The van der Waals surface area contributed by atoms with E-state index in [1.165, 1.54) is 0 Å². The average Bonchev–Trinajstić information content (AvgIpc) is 2.30. The Morgan fingerprint density at radius 2 is 2.06 bits per heavy atom. The van der Waals surface area contributed by atoms with E-state index in [0.29, 0.717) is 11.6 Å². The van der Waals surface area contributed by atoms with Crippen LogP contribution in [-0.4, -0.2) is 4.98 Å². The molecule has 16 heavy (non-hydrogen) atoms. The second-order valence-corrected chi connectivity index (χ2v) is 3.82. The lowest BCUT2D eigenvalue weighted by molar-refractivity contribution is 1.15. The van der Waals surface area contributed by atoms with Crippen LogP contribution in [0.3, 0.4) is 0 Å². The van der Waals surface area contributed by atoms with Crippen LogP contribution in [0.2, 0.25) is 5.02 Å². The summed E-state index contributed by atoms with van der Waals surface area (Å²) >= 11 is 5.97. The summed E-state index contributed by atoms with van der Waals surface area (Å²) in [5.41, 5.74) is 8.53. The number of hydrogen-bond donors (Lipinski definition) is 2. The average molecular weight is 234 g/mol. The number of nitrogens with one attached hydrogen (secondary N) is 1. The molecule has 0 aliphatic heterocycles. The molecule has 0 saturated carbocycles. The Morgan fingerprint density at radius 1 is 1.25 bits per heavy atom. The molecule has 82 valence electrons. The normalized spacial score (nSPS) is 10.1. The van der Waals surface area contributed by atoms with Crippen LogP contribution in [0.4, 0.5) is 11.4 Å². The Kier molecular flexibility index (Phi) is 3.27. The molecular formula is C12H12ClN3. The third-order valence-corrected chi connectivity index (χ3v) is 2.60. The van der Waals surface area contributed by atoms with E-state index >= 15 is 0 Å². The van der Waals surface area contributed by atoms with Gasteiger partial charge in [-0.05, 0) is 17.7 Å². The van der Waals surface area contributed by atoms with Crippen LogP contribution < -0.4 is 11.1 Å². The molecule has 0 radical (unpaired) electrons. The van der Waals surface area contributed by atoms with E-state index < -0.39 is 0 Å². The minimum atomic E-state index is 0.608. The number of aromatic nitrogens is 1. The molecule has 0 unspecified atom stereocenters. The number of nitrogens with two attached hydrogens (primary N) is 1. The van der Waals surface area contributed by atoms with E-state index in [0.717, 1.165) is 16.9 Å². The fourth-order valence-corrected chi connectivity index (χ4v) is 1.59. The molecule has 0 fully saturated rings. The Bertz CT molecular complexity index is 440. The quantitative estimate of drug-likeness (QED) is 0.802. The number of halogens is 1. The van der Waals surface area contributed by atoms with Crippen molar-refractivity contribution in [1.82, 2.24) is 4.98 Å². The van der Waals surface area contributed by atoms with Gasteiger partial charge in [0.1, 0.15) is 0 Å². The van der Waals surface area contributed by atoms with E-state index in [9.17, 15) is 0 Å². The summed E-state index contributed by atoms with van der Waals surface area (Å²) in [6.45, 7) is 0.649. The molecule has 0 bridgehead atoms. The smallest absolute Gasteiger partial charge is 0.0820 e. The van der Waals surface area contributed by atoms with E-state index in [1.54, 1.807) is 12.4 Å². The minimum absolute atomic E-state index is 0.608. The maximum Gasteiger partial charge on any atom is 0.0820 e. The van der Waals surface area contributed by atoms with Crippen LogP contribution in [0.1, 0.15) is 5.56 Å². The molecule has 0 atom stereocenters. The molecule has 1 heterocycles. The maximum atomic E-state index is 5.97. The molecular weight excluding hydrogens is 222 g/mol. The van der Waals surface area contributed by atoms with Crippen LogP contribution >= 0.6 is 11.6 Å². The lowest BCUT2D eigenvalue weighted by Crippen LogP contribution is -2.03. The largest absolute Gasteiger partial charge is 0.398 e. The number of benzene rings is 1. The molecule has 2 rings (SSSR count). The highest BCUT2D eigenvalue weighted by Crippen LogP contribution is 2.20. The number of nitrogens with zero attached hydrogens (tertiary/aromatic N) is 1. The first-order valence-electron chi connectivity index (χ1n) is 4.94. The van der Waals surface area contributed by atoms with Gasteiger partial charge in [-0.2, -0.15) is 0 Å². The molecule has 3 nitrogen and oxygen atoms in total. The molecule has 0 aliphatic carbocycles. The van der Waals surface area contributed by atoms with Gasteiger partial charge in [-0.3, -0.25) is 4.98 Å². The zero-order valence-electron chi connectivity index (χ0n) is 8.65. The zero-order chi connectivity index (χ0) is 11.4. The minimum Gasteiger partial charge on any atom is -0.398 e. The summed E-state index contributed by atoms with van der Waals surface area (Å²) in [6, 6.07) is 9.57. The maximum absolute atomic E-state index is 5.97. The van der Waals surface area contributed by atoms with Crippen molar-refractivity contribution in [2.24, 2.45) is 0 Å². The van der Waals surface area contributed by atoms with Gasteiger partial charge < -0.3 is 11.1 Å². The van der Waals surface area contributed by atoms with E-state index in [-0.39, 0.29) is 0 Å². The SMILES string of the molecule is Nc1ccccc1CNc1ccncc1Cl. The first kappa shape index (κ1) is 10.8. The monoisotopic (exact) mass is 233 g/mol. The van der Waals surface area contributed by atoms with Crippen molar-refractivity contribution in [2.75, 3.05) is 11.1 Å². The van der Waals surface area contributed by atoms with Gasteiger partial charge in [0.05, 0.1) is 10.7 Å². The van der Waals surface area contributed by atoms with Gasteiger partial charge in [0.25, 0.3) is 0 Å². The Balaban J connectivity index is 2.09. The summed E-state index contributed by atoms with van der Waals surface area (Å²) in [4.78, 5) is 3.92. The number of nitrogen functional groups attached to an aromatic ring is 1. The highest BCUT2D eigenvalue weighted by molar-refractivity contribution is 6.33. The lowest BCUT2D eigenvalue weighted by Gasteiger charge is -2.09. The third-order valence-electron chi connectivity index (χ3n) is 2.30. The van der Waals surface area contributed by atoms with Crippen LogP contribution in [-0.2, 0) is 6.54 Å². The van der Waals surface area contributed by atoms with Gasteiger partial charge >= 0.3 is 0 Å². The van der Waals surface area contributed by atoms with Crippen LogP contribution in [0.5, 0.6) is 0 Å². The Hall–Kier alpha value is -1.74. The van der Waals surface area contributed by atoms with Crippen molar-refractivity contribution >= 4 is 23.0 Å². The summed E-state index contributed by atoms with van der Waals surface area (Å²) in [5, 5.41) is 3.83. The third kappa shape index (κ3) is 2.44. The molecule has 1 aromatic heterocycles. The molecule has 0 aliphatic rings. The predicted molar refractivity (Wildman–Crippen MR) is 67.4 cm³/mol. The number of hydrogen-bond acceptors (Lipinski definition) is 3. The molecule has 0 amide bonds. The van der Waals surface area contributed by atoms with Crippen molar-refractivity contribution in [3.63, 3.8) is 0 Å². The molecule has 3 N–H and O–H groups in total. The van der Waals surface area contributed by atoms with E-state index in [1.807, 2.05) is 30.3 Å². The number of pyridine rings is 1. The van der Waals surface area contributed by atoms with Crippen LogP contribution in [0.25, 0.3) is 0 Å². The second-order valence-electron chi connectivity index (χ2n) is 3.41. The van der Waals surface area contributed by atoms with Crippen LogP contribution in [0, 0.1) is 0 Å². The second kappa shape index (κ2) is 4.86. The highest BCUT2D eigenvalue weighted by Gasteiger charge is 2.00. The topological polar surface area (TPSA) is 50.9 Å². The summed E-state index contributed by atoms with van der Waals surface area (Å²) in [7, 11) is 0. The molecule has 4 heteroatoms. The first-order valence-corrected chi connectivity index (χ1v) is 5.32. The Labute approximate surface area is 99.3 Å². The number of rotatable bonds is 3. The van der Waals surface area contributed by atoms with Crippen molar-refractivity contribution in [1.29, 1.82) is 0 Å². The van der Waals surface area contributed by atoms with Crippen LogP contribution in [0.15, 0.2) is 42.7 Å². The van der Waals surface area contributed by atoms with E-state index in [4.69, 9.17) is 17.3 Å². The fraction of sp³-hybridized carbons (Fsp3) is 0.0833. The Morgan fingerprint density at radius 3 is 2.81 bits per heavy atom. The molecule has 2 aromatic rings. The van der Waals surface area contributed by atoms with Crippen molar-refractivity contribution in [3.05, 3.63) is 53.3 Å². The van der Waals surface area contributed by atoms with Gasteiger partial charge in [0.15, 0.2) is 0 Å². The van der Waals surface area contributed by atoms with Gasteiger partial charge in [0, 0.05) is 24.6 Å².